The minimum atomic E-state index is -1.56. The molecule has 5 N–H and O–H groups in total. The first-order valence-corrected chi connectivity index (χ1v) is 12.3. The van der Waals surface area contributed by atoms with Gasteiger partial charge in [0.15, 0.2) is 0 Å². The Hall–Kier alpha value is -3.22. The van der Waals surface area contributed by atoms with E-state index in [9.17, 15) is 39.0 Å². The standard InChI is InChI=1S/C23H35N5O8/c1-11(2)17-21(34)24-13(10-16(30)31)19(32)26-18(12(3)29)23(36)28-9-5-7-15(28)22(35)27-8-4-6-14(27)20(33)25-17/h11-15,17-18,29H,4-10H2,1-3H3,(H,24,34)(H,25,33)(H,26,32)(H,30,31)/t12-,13+,14+,15+,17+,18+/m1/s1. The number of nitrogens with one attached hydrogen (secondary N) is 3. The van der Waals surface area contributed by atoms with Crippen LogP contribution in [0, 0.1) is 5.92 Å². The molecule has 6 atom stereocenters. The fourth-order valence-corrected chi connectivity index (χ4v) is 5.03. The number of aliphatic carboxylic acids is 1. The minimum absolute atomic E-state index is 0.226. The van der Waals surface area contributed by atoms with E-state index in [1.165, 1.54) is 16.7 Å². The van der Waals surface area contributed by atoms with E-state index >= 15 is 0 Å². The van der Waals surface area contributed by atoms with Crippen molar-refractivity contribution >= 4 is 35.5 Å². The van der Waals surface area contributed by atoms with Gasteiger partial charge in [-0.25, -0.2) is 0 Å². The van der Waals surface area contributed by atoms with Crippen LogP contribution in [0.4, 0.5) is 0 Å². The largest absolute Gasteiger partial charge is 0.481 e. The highest BCUT2D eigenvalue weighted by Crippen LogP contribution is 2.26. The number of fused-ring (bicyclic) bond motifs is 2. The van der Waals surface area contributed by atoms with Crippen LogP contribution >= 0.6 is 0 Å². The molecule has 0 unspecified atom stereocenters. The summed E-state index contributed by atoms with van der Waals surface area (Å²) in [7, 11) is 0. The van der Waals surface area contributed by atoms with Gasteiger partial charge in [0, 0.05) is 13.1 Å². The zero-order chi connectivity index (χ0) is 26.7. The average Bonchev–Trinajstić information content (AvgIpc) is 3.48. The van der Waals surface area contributed by atoms with E-state index in [0.717, 1.165) is 0 Å². The predicted molar refractivity (Wildman–Crippen MR) is 124 cm³/mol. The van der Waals surface area contributed by atoms with Gasteiger partial charge in [-0.15, -0.1) is 0 Å². The lowest BCUT2D eigenvalue weighted by Crippen LogP contribution is -2.60. The Morgan fingerprint density at radius 1 is 0.833 bits per heavy atom. The molecule has 3 saturated heterocycles. The fourth-order valence-electron chi connectivity index (χ4n) is 5.03. The first kappa shape index (κ1) is 27.4. The van der Waals surface area contributed by atoms with Crippen LogP contribution < -0.4 is 16.0 Å². The number of carbonyl (C=O) groups is 6. The lowest BCUT2D eigenvalue weighted by atomic mass is 10.0. The predicted octanol–water partition coefficient (Wildman–Crippen LogP) is -2.05. The van der Waals surface area contributed by atoms with E-state index in [0.29, 0.717) is 32.2 Å². The van der Waals surface area contributed by atoms with Gasteiger partial charge in [-0.05, 0) is 38.5 Å². The first-order valence-electron chi connectivity index (χ1n) is 12.3. The maximum atomic E-state index is 13.5. The van der Waals surface area contributed by atoms with Crippen molar-refractivity contribution in [3.8, 4) is 0 Å². The second-order valence-electron chi connectivity index (χ2n) is 10.00. The Balaban J connectivity index is 2.03. The number of carboxylic acids is 1. The number of hydrogen-bond donors (Lipinski definition) is 5. The highest BCUT2D eigenvalue weighted by molar-refractivity contribution is 5.99. The van der Waals surface area contributed by atoms with Gasteiger partial charge < -0.3 is 36.0 Å². The molecule has 0 bridgehead atoms. The molecule has 0 aromatic heterocycles. The third kappa shape index (κ3) is 5.77. The quantitative estimate of drug-likeness (QED) is 0.286. The molecule has 0 aromatic rings. The molecule has 0 aromatic carbocycles. The van der Waals surface area contributed by atoms with Crippen molar-refractivity contribution in [2.75, 3.05) is 13.1 Å². The van der Waals surface area contributed by atoms with E-state index in [1.807, 2.05) is 0 Å². The highest BCUT2D eigenvalue weighted by atomic mass is 16.4. The van der Waals surface area contributed by atoms with Gasteiger partial charge >= 0.3 is 5.97 Å². The van der Waals surface area contributed by atoms with Gasteiger partial charge in [-0.3, -0.25) is 28.8 Å². The highest BCUT2D eigenvalue weighted by Gasteiger charge is 2.45. The monoisotopic (exact) mass is 509 g/mol. The van der Waals surface area contributed by atoms with Gasteiger partial charge in [-0.1, -0.05) is 13.8 Å². The minimum Gasteiger partial charge on any atom is -0.481 e. The summed E-state index contributed by atoms with van der Waals surface area (Å²) in [5, 5.41) is 27.0. The molecule has 13 heteroatoms. The molecule has 3 aliphatic heterocycles. The molecule has 0 aliphatic carbocycles. The number of aliphatic hydroxyl groups is 1. The summed E-state index contributed by atoms with van der Waals surface area (Å²) in [5.74, 6) is -5.14. The topological polar surface area (TPSA) is 185 Å². The zero-order valence-corrected chi connectivity index (χ0v) is 20.7. The van der Waals surface area contributed by atoms with E-state index in [4.69, 9.17) is 0 Å². The van der Waals surface area contributed by atoms with Crippen LogP contribution in [0.25, 0.3) is 0 Å². The Kier molecular flexibility index (Phi) is 8.54. The van der Waals surface area contributed by atoms with Crippen molar-refractivity contribution in [3.05, 3.63) is 0 Å². The van der Waals surface area contributed by atoms with Crippen molar-refractivity contribution in [3.63, 3.8) is 0 Å². The summed E-state index contributed by atoms with van der Waals surface area (Å²) < 4.78 is 0. The van der Waals surface area contributed by atoms with E-state index < -0.39 is 84.2 Å². The van der Waals surface area contributed by atoms with Gasteiger partial charge in [-0.2, -0.15) is 0 Å². The number of amides is 5. The number of rotatable bonds is 4. The van der Waals surface area contributed by atoms with Crippen LogP contribution in [-0.2, 0) is 28.8 Å². The van der Waals surface area contributed by atoms with Gasteiger partial charge in [0.1, 0.15) is 30.2 Å². The van der Waals surface area contributed by atoms with Crippen LogP contribution in [0.1, 0.15) is 52.9 Å². The second kappa shape index (κ2) is 11.2. The van der Waals surface area contributed by atoms with Crippen LogP contribution in [0.5, 0.6) is 0 Å². The molecule has 3 heterocycles. The molecule has 3 rings (SSSR count). The molecule has 0 saturated carbocycles. The first-order chi connectivity index (χ1) is 16.9. The molecule has 0 spiro atoms. The smallest absolute Gasteiger partial charge is 0.305 e. The van der Waals surface area contributed by atoms with Gasteiger partial charge in [0.05, 0.1) is 12.5 Å². The Morgan fingerprint density at radius 3 is 1.94 bits per heavy atom. The summed E-state index contributed by atoms with van der Waals surface area (Å²) in [5.41, 5.74) is 0. The molecule has 13 nitrogen and oxygen atoms in total. The molecular weight excluding hydrogens is 474 g/mol. The molecule has 36 heavy (non-hydrogen) atoms. The van der Waals surface area contributed by atoms with Crippen molar-refractivity contribution in [2.24, 2.45) is 5.92 Å². The number of hydrogen-bond acceptors (Lipinski definition) is 7. The summed E-state index contributed by atoms with van der Waals surface area (Å²) in [6.45, 7) is 5.21. The molecule has 3 aliphatic rings. The van der Waals surface area contributed by atoms with E-state index in [1.54, 1.807) is 13.8 Å². The Labute approximate surface area is 208 Å². The maximum absolute atomic E-state index is 13.5. The molecule has 3 fully saturated rings. The van der Waals surface area contributed by atoms with Crippen molar-refractivity contribution < 1.29 is 39.0 Å². The molecule has 200 valence electrons. The second-order valence-corrected chi connectivity index (χ2v) is 10.00. The molecule has 0 radical (unpaired) electrons. The Bertz CT molecular complexity index is 922. The summed E-state index contributed by atoms with van der Waals surface area (Å²) in [6.07, 6.45) is -0.273. The number of aliphatic hydroxyl groups excluding tert-OH is 1. The van der Waals surface area contributed by atoms with Crippen molar-refractivity contribution in [1.82, 2.24) is 25.8 Å². The van der Waals surface area contributed by atoms with Gasteiger partial charge in [0.2, 0.25) is 29.5 Å². The third-order valence-electron chi connectivity index (χ3n) is 6.96. The zero-order valence-electron chi connectivity index (χ0n) is 20.7. The molecule has 5 amide bonds. The lowest BCUT2D eigenvalue weighted by Gasteiger charge is -2.33. The van der Waals surface area contributed by atoms with Crippen molar-refractivity contribution in [2.45, 2.75) is 89.2 Å². The van der Waals surface area contributed by atoms with Gasteiger partial charge in [0.25, 0.3) is 0 Å². The maximum Gasteiger partial charge on any atom is 0.305 e. The summed E-state index contributed by atoms with van der Waals surface area (Å²) in [6, 6.07) is -5.80. The van der Waals surface area contributed by atoms with Crippen LogP contribution in [-0.4, -0.2) is 105 Å². The molecular formula is C23H35N5O8. The number of carbonyl (C=O) groups excluding carboxylic acids is 5. The van der Waals surface area contributed by atoms with Crippen LogP contribution in [0.15, 0.2) is 0 Å². The SMILES string of the molecule is CC(C)[C@@H]1NC(=O)[C@@H]2CCCN2C(=O)[C@@H]2CCCN2C(=O)[C@H]([C@@H](C)O)NC(=O)[C@H](CC(=O)O)NC1=O. The van der Waals surface area contributed by atoms with Crippen molar-refractivity contribution in [1.29, 1.82) is 0 Å². The normalized spacial score (nSPS) is 31.1. The number of nitrogens with zero attached hydrogens (tertiary/aromatic N) is 2. The van der Waals surface area contributed by atoms with Crippen LogP contribution in [0.3, 0.4) is 0 Å². The van der Waals surface area contributed by atoms with Crippen LogP contribution in [0.2, 0.25) is 0 Å². The summed E-state index contributed by atoms with van der Waals surface area (Å²) in [4.78, 5) is 80.3. The lowest BCUT2D eigenvalue weighted by molar-refractivity contribution is -0.149. The Morgan fingerprint density at radius 2 is 1.39 bits per heavy atom. The fraction of sp³-hybridized carbons (Fsp3) is 0.739. The van der Waals surface area contributed by atoms with E-state index in [-0.39, 0.29) is 6.54 Å². The van der Waals surface area contributed by atoms with E-state index in [2.05, 4.69) is 16.0 Å². The average molecular weight is 510 g/mol. The summed E-state index contributed by atoms with van der Waals surface area (Å²) >= 11 is 0. The third-order valence-corrected chi connectivity index (χ3v) is 6.96. The number of carboxylic acid groups (broad SMARTS) is 1.